The summed E-state index contributed by atoms with van der Waals surface area (Å²) in [5.74, 6) is 7.31. The van der Waals surface area contributed by atoms with Crippen LogP contribution in [-0.4, -0.2) is 97.4 Å². The summed E-state index contributed by atoms with van der Waals surface area (Å²) in [4.78, 5) is 17.5. The fourth-order valence-electron chi connectivity index (χ4n) is 9.88. The second-order valence-corrected chi connectivity index (χ2v) is 25.8. The molecule has 0 bridgehead atoms. The summed E-state index contributed by atoms with van der Waals surface area (Å²) in [6.45, 7) is 14.0. The van der Waals surface area contributed by atoms with E-state index in [-0.39, 0.29) is 5.75 Å². The first-order valence-electron chi connectivity index (χ1n) is 30.8. The molecule has 0 unspecified atom stereocenters. The highest BCUT2D eigenvalue weighted by Crippen LogP contribution is 2.36. The van der Waals surface area contributed by atoms with Gasteiger partial charge >= 0.3 is 0 Å². The maximum atomic E-state index is 10.5. The molecule has 484 valence electrons. The van der Waals surface area contributed by atoms with Gasteiger partial charge in [0.1, 0.15) is 33.1 Å². The molecule has 0 saturated heterocycles. The smallest absolute Gasteiger partial charge is 0.191 e. The molecular weight excluding hydrogens is 1270 g/mol. The minimum atomic E-state index is 0.215. The van der Waals surface area contributed by atoms with Crippen molar-refractivity contribution in [3.8, 4) is 45.8 Å². The highest BCUT2D eigenvalue weighted by atomic mass is 32.2. The third-order valence-corrected chi connectivity index (χ3v) is 18.9. The van der Waals surface area contributed by atoms with E-state index >= 15 is 0 Å². The largest absolute Gasteiger partial charge is 0.507 e. The van der Waals surface area contributed by atoms with Crippen molar-refractivity contribution in [3.05, 3.63) is 239 Å². The highest BCUT2D eigenvalue weighted by molar-refractivity contribution is 8.13. The first-order valence-corrected chi connectivity index (χ1v) is 34.8. The third kappa shape index (κ3) is 18.7. The van der Waals surface area contributed by atoms with Crippen molar-refractivity contribution in [2.75, 3.05) is 21.3 Å². The maximum Gasteiger partial charge on any atom is 0.191 e. The molecule has 0 amide bonds. The van der Waals surface area contributed by atoms with Gasteiger partial charge in [-0.2, -0.15) is 10.2 Å². The molecule has 22 heteroatoms. The number of nitrogens with zero attached hydrogens (tertiary/aromatic N) is 14. The minimum Gasteiger partial charge on any atom is -0.507 e. The first-order chi connectivity index (χ1) is 46.4. The van der Waals surface area contributed by atoms with Gasteiger partial charge in [0, 0.05) is 96.5 Å². The summed E-state index contributed by atoms with van der Waals surface area (Å²) in [6.07, 6.45) is 8.84. The van der Waals surface area contributed by atoms with E-state index in [4.69, 9.17) is 14.2 Å². The van der Waals surface area contributed by atoms with Crippen molar-refractivity contribution >= 4 is 79.3 Å². The van der Waals surface area contributed by atoms with Crippen LogP contribution in [0.4, 0.5) is 0 Å². The van der Waals surface area contributed by atoms with Gasteiger partial charge in [-0.05, 0) is 148 Å². The van der Waals surface area contributed by atoms with Crippen LogP contribution in [0.1, 0.15) is 82.8 Å². The molecule has 0 aliphatic carbocycles. The molecule has 13 rings (SSSR count). The maximum absolute atomic E-state index is 10.5. The van der Waals surface area contributed by atoms with Gasteiger partial charge in [-0.3, -0.25) is 19.9 Å². The molecule has 8 heterocycles. The fraction of sp³-hybridized carbons (Fsp3) is 0.233. The monoisotopic (exact) mass is 1340 g/mol. The molecule has 1 N–H and O–H groups in total. The number of fused-ring (bicyclic) bond motifs is 1. The third-order valence-electron chi connectivity index (χ3n) is 14.9. The molecule has 18 nitrogen and oxygen atoms in total. The number of ether oxygens (including phenoxy) is 3. The number of phenolic OH excluding ortho intramolecular Hbond substituents is 1. The van der Waals surface area contributed by atoms with E-state index in [1.807, 2.05) is 134 Å². The first kappa shape index (κ1) is 68.4. The van der Waals surface area contributed by atoms with Gasteiger partial charge in [-0.1, -0.05) is 102 Å². The van der Waals surface area contributed by atoms with Gasteiger partial charge in [0.15, 0.2) is 22.0 Å². The van der Waals surface area contributed by atoms with Crippen LogP contribution in [0.15, 0.2) is 213 Å². The van der Waals surface area contributed by atoms with E-state index in [0.29, 0.717) is 17.8 Å². The molecule has 6 aromatic heterocycles. The summed E-state index contributed by atoms with van der Waals surface area (Å²) < 4.78 is 20.3. The fourth-order valence-corrected chi connectivity index (χ4v) is 13.4. The second kappa shape index (κ2) is 34.1. The number of hydrogen-bond acceptors (Lipinski definition) is 20. The van der Waals surface area contributed by atoms with Crippen LogP contribution < -0.4 is 14.2 Å². The average Bonchev–Trinajstić information content (AvgIpc) is 1.80. The second-order valence-electron chi connectivity index (χ2n) is 21.8. The molecule has 11 aromatic rings. The molecule has 0 saturated carbocycles. The van der Waals surface area contributed by atoms with E-state index in [9.17, 15) is 5.11 Å². The van der Waals surface area contributed by atoms with Crippen LogP contribution in [0.5, 0.6) is 23.0 Å². The molecule has 0 atom stereocenters. The van der Waals surface area contributed by atoms with Crippen LogP contribution >= 0.6 is 47.0 Å². The molecular formula is C73H74N14O4S4. The number of rotatable bonds is 19. The van der Waals surface area contributed by atoms with Gasteiger partial charge < -0.3 is 28.5 Å². The van der Waals surface area contributed by atoms with Gasteiger partial charge in [0.2, 0.25) is 0 Å². The summed E-state index contributed by atoms with van der Waals surface area (Å²) in [6, 6.07) is 52.1. The van der Waals surface area contributed by atoms with Crippen molar-refractivity contribution in [3.63, 3.8) is 0 Å². The standard InChI is InChI=1S/C20H18N4OS.C18H19N3O2S.C18H19N3OS.C17H18N4S/c1-2-24-19(17-11-14-7-3-4-8-15(14)12-18(17)25)22-23-20(24)26-13-16-9-5-6-10-21-16;1-12-4-5-13(19-10-12)11-24-18-9-16(20-21-18)15-7-6-14(22-2)8-17(15)23-3;1-12-5-7-15(17(8-12)22-3)16-9-18(21-20-16)23-11-14-6-4-13(2)10-19-14;1-3-21-16(14-8-6-7-13(2)11-14)19-20-17(21)22-12-15-9-4-5-10-18-15/h3-12,25H,2,13H2,1H3;4-8,10H,9,11H2,1-3H3;4-8,10H,9,11H2,1-3H3;4-11H,3,12H2,1-2H3. The number of thioether (sulfide) groups is 4. The van der Waals surface area contributed by atoms with Gasteiger partial charge in [0.25, 0.3) is 0 Å². The summed E-state index contributed by atoms with van der Waals surface area (Å²) in [7, 11) is 4.97. The molecule has 0 spiro atoms. The van der Waals surface area contributed by atoms with Crippen LogP contribution in [0.3, 0.4) is 0 Å². The lowest BCUT2D eigenvalue weighted by Crippen LogP contribution is -2.04. The SMILES string of the molecule is CCn1c(SCc2ccccn2)nnc1-c1cc2ccccc2cc1O.CCn1c(SCc2ccccn2)nnc1-c1cccc(C)c1.COc1cc(C)ccc1C1=NN=C(SCc2ccc(C)cn2)C1.COc1ccc(C2=NN=C(SCc3ccc(C)cn3)C2)c(OC)c1. The zero-order valence-corrected chi connectivity index (χ0v) is 57.8. The number of benzene rings is 5. The Morgan fingerprint density at radius 1 is 0.421 bits per heavy atom. The Bertz CT molecular complexity index is 4490. The zero-order valence-electron chi connectivity index (χ0n) is 54.5. The number of hydrogen-bond donors (Lipinski definition) is 1. The highest BCUT2D eigenvalue weighted by Gasteiger charge is 2.22. The number of aromatic hydroxyl groups is 1. The molecule has 0 radical (unpaired) electrons. The van der Waals surface area contributed by atoms with Crippen molar-refractivity contribution in [1.82, 2.24) is 49.5 Å². The molecule has 5 aromatic carbocycles. The summed E-state index contributed by atoms with van der Waals surface area (Å²) in [5.41, 5.74) is 14.5. The van der Waals surface area contributed by atoms with E-state index in [1.165, 1.54) is 22.3 Å². The molecule has 0 fully saturated rings. The lowest BCUT2D eigenvalue weighted by atomic mass is 10.0. The normalized spacial score (nSPS) is 12.3. The molecule has 95 heavy (non-hydrogen) atoms. The summed E-state index contributed by atoms with van der Waals surface area (Å²) >= 11 is 6.63. The van der Waals surface area contributed by atoms with E-state index in [1.54, 1.807) is 80.6 Å². The van der Waals surface area contributed by atoms with E-state index in [0.717, 1.165) is 148 Å². The Balaban J connectivity index is 0.000000138. The van der Waals surface area contributed by atoms with Crippen molar-refractivity contribution in [2.45, 2.75) is 101 Å². The Labute approximate surface area is 571 Å². The number of methoxy groups -OCH3 is 3. The summed E-state index contributed by atoms with van der Waals surface area (Å²) in [5, 5.41) is 51.0. The van der Waals surface area contributed by atoms with Crippen LogP contribution in [0, 0.1) is 27.7 Å². The van der Waals surface area contributed by atoms with E-state index < -0.39 is 0 Å². The lowest BCUT2D eigenvalue weighted by molar-refractivity contribution is 0.394. The van der Waals surface area contributed by atoms with E-state index in [2.05, 4.69) is 148 Å². The Morgan fingerprint density at radius 3 is 1.43 bits per heavy atom. The average molecular weight is 1340 g/mol. The minimum absolute atomic E-state index is 0.215. The van der Waals surface area contributed by atoms with Crippen LogP contribution in [0.2, 0.25) is 0 Å². The number of pyridine rings is 4. The van der Waals surface area contributed by atoms with Gasteiger partial charge in [-0.15, -0.1) is 54.1 Å². The molecule has 2 aliphatic heterocycles. The Morgan fingerprint density at radius 2 is 0.916 bits per heavy atom. The lowest BCUT2D eigenvalue weighted by Gasteiger charge is -2.10. The van der Waals surface area contributed by atoms with Crippen molar-refractivity contribution in [2.24, 2.45) is 20.4 Å². The molecule has 2 aliphatic rings. The van der Waals surface area contributed by atoms with Crippen LogP contribution in [0.25, 0.3) is 33.5 Å². The zero-order chi connectivity index (χ0) is 66.5. The Kier molecular flexibility index (Phi) is 24.5. The Hall–Kier alpha value is -9.48. The van der Waals surface area contributed by atoms with Crippen LogP contribution in [-0.2, 0) is 36.1 Å². The van der Waals surface area contributed by atoms with Crippen molar-refractivity contribution in [1.29, 1.82) is 0 Å². The number of aryl methyl sites for hydroxylation is 4. The number of phenols is 1. The van der Waals surface area contributed by atoms with Gasteiger partial charge in [0.05, 0.1) is 61.1 Å². The predicted molar refractivity (Wildman–Crippen MR) is 389 cm³/mol. The quantitative estimate of drug-likeness (QED) is 0.0746. The number of aromatic nitrogens is 10. The topological polar surface area (TPSA) is 210 Å². The van der Waals surface area contributed by atoms with Crippen molar-refractivity contribution < 1.29 is 19.3 Å². The predicted octanol–water partition coefficient (Wildman–Crippen LogP) is 16.5. The van der Waals surface area contributed by atoms with Gasteiger partial charge in [-0.25, -0.2) is 0 Å².